The fourth-order valence-corrected chi connectivity index (χ4v) is 0.880. The van der Waals surface area contributed by atoms with E-state index in [1.165, 1.54) is 12.4 Å². The fraction of sp³-hybridized carbons (Fsp3) is 0.444. The van der Waals surface area contributed by atoms with Crippen LogP contribution >= 0.6 is 0 Å². The van der Waals surface area contributed by atoms with Crippen LogP contribution in [-0.2, 0) is 4.74 Å². The van der Waals surface area contributed by atoms with Crippen molar-refractivity contribution in [2.45, 2.75) is 6.42 Å². The lowest BCUT2D eigenvalue weighted by Crippen LogP contribution is -2.04. The summed E-state index contributed by atoms with van der Waals surface area (Å²) in [5.74, 6) is 0.283. The van der Waals surface area contributed by atoms with Crippen molar-refractivity contribution in [3.63, 3.8) is 0 Å². The molecule has 14 heavy (non-hydrogen) atoms. The van der Waals surface area contributed by atoms with Gasteiger partial charge in [0, 0.05) is 32.5 Å². The highest BCUT2D eigenvalue weighted by molar-refractivity contribution is 5.29. The van der Waals surface area contributed by atoms with Crippen molar-refractivity contribution in [2.75, 3.05) is 20.3 Å². The maximum absolute atomic E-state index is 8.66. The smallest absolute Gasteiger partial charge is 0.251 e. The summed E-state index contributed by atoms with van der Waals surface area (Å²) in [5.41, 5.74) is 0.213. The molecule has 0 N–H and O–H groups in total. The van der Waals surface area contributed by atoms with Gasteiger partial charge in [0.15, 0.2) is 0 Å². The maximum Gasteiger partial charge on any atom is 0.251 e. The topological polar surface area (TPSA) is 68.0 Å². The minimum Gasteiger partial charge on any atom is -0.476 e. The second-order valence-electron chi connectivity index (χ2n) is 2.52. The molecule has 1 rings (SSSR count). The van der Waals surface area contributed by atoms with Gasteiger partial charge in [0.1, 0.15) is 6.07 Å². The largest absolute Gasteiger partial charge is 0.476 e. The Labute approximate surface area is 82.3 Å². The molecule has 0 aliphatic rings. The van der Waals surface area contributed by atoms with Crippen molar-refractivity contribution < 1.29 is 9.47 Å². The van der Waals surface area contributed by atoms with Crippen molar-refractivity contribution in [3.8, 4) is 11.9 Å². The predicted octanol–water partition coefficient (Wildman–Crippen LogP) is 0.764. The number of rotatable bonds is 5. The number of methoxy groups -OCH3 is 1. The average molecular weight is 193 g/mol. The molecule has 0 spiro atoms. The normalized spacial score (nSPS) is 9.43. The summed E-state index contributed by atoms with van der Waals surface area (Å²) in [6, 6.07) is 1.91. The number of ether oxygens (including phenoxy) is 2. The third-order valence-corrected chi connectivity index (χ3v) is 1.50. The lowest BCUT2D eigenvalue weighted by atomic mass is 10.4. The molecule has 0 saturated carbocycles. The molecule has 1 heterocycles. The summed E-state index contributed by atoms with van der Waals surface area (Å²) in [4.78, 5) is 7.72. The van der Waals surface area contributed by atoms with Crippen LogP contribution in [0.4, 0.5) is 0 Å². The molecule has 0 unspecified atom stereocenters. The molecular weight excluding hydrogens is 182 g/mol. The van der Waals surface area contributed by atoms with Crippen LogP contribution in [0, 0.1) is 11.3 Å². The highest BCUT2D eigenvalue weighted by Gasteiger charge is 2.03. The van der Waals surface area contributed by atoms with Gasteiger partial charge < -0.3 is 9.47 Å². The molecule has 0 radical (unpaired) electrons. The van der Waals surface area contributed by atoms with E-state index in [0.717, 1.165) is 6.42 Å². The highest BCUT2D eigenvalue weighted by Crippen LogP contribution is 2.09. The van der Waals surface area contributed by atoms with Crippen LogP contribution in [0.2, 0.25) is 0 Å². The second-order valence-corrected chi connectivity index (χ2v) is 2.52. The zero-order chi connectivity index (χ0) is 10.2. The summed E-state index contributed by atoms with van der Waals surface area (Å²) >= 11 is 0. The van der Waals surface area contributed by atoms with Gasteiger partial charge in [-0.25, -0.2) is 9.97 Å². The van der Waals surface area contributed by atoms with E-state index in [9.17, 15) is 0 Å². The van der Waals surface area contributed by atoms with Gasteiger partial charge in [-0.2, -0.15) is 5.26 Å². The molecule has 0 bridgehead atoms. The molecule has 0 fully saturated rings. The number of nitrogens with zero attached hydrogens (tertiary/aromatic N) is 3. The SMILES string of the molecule is COCCCOc1nccnc1C#N. The number of aromatic nitrogens is 2. The molecule has 5 heteroatoms. The molecule has 0 aliphatic heterocycles. The molecule has 0 atom stereocenters. The Morgan fingerprint density at radius 1 is 1.36 bits per heavy atom. The highest BCUT2D eigenvalue weighted by atomic mass is 16.5. The average Bonchev–Trinajstić information content (AvgIpc) is 2.25. The summed E-state index contributed by atoms with van der Waals surface area (Å²) in [6.45, 7) is 1.10. The minimum absolute atomic E-state index is 0.213. The van der Waals surface area contributed by atoms with Gasteiger partial charge >= 0.3 is 0 Å². The van der Waals surface area contributed by atoms with Crippen LogP contribution in [0.5, 0.6) is 5.88 Å². The van der Waals surface area contributed by atoms with Crippen molar-refractivity contribution in [3.05, 3.63) is 18.1 Å². The van der Waals surface area contributed by atoms with Gasteiger partial charge in [-0.3, -0.25) is 0 Å². The van der Waals surface area contributed by atoms with Crippen molar-refractivity contribution in [1.29, 1.82) is 5.26 Å². The number of hydrogen-bond acceptors (Lipinski definition) is 5. The Bertz CT molecular complexity index is 322. The standard InChI is InChI=1S/C9H11N3O2/c1-13-5-2-6-14-9-8(7-10)11-3-4-12-9/h3-4H,2,5-6H2,1H3. The minimum atomic E-state index is 0.213. The van der Waals surface area contributed by atoms with Crippen molar-refractivity contribution >= 4 is 0 Å². The van der Waals surface area contributed by atoms with Crippen LogP contribution in [0.25, 0.3) is 0 Å². The van der Waals surface area contributed by atoms with Crippen LogP contribution in [-0.4, -0.2) is 30.3 Å². The first-order valence-electron chi connectivity index (χ1n) is 4.21. The fourth-order valence-electron chi connectivity index (χ4n) is 0.880. The lowest BCUT2D eigenvalue weighted by Gasteiger charge is -2.04. The predicted molar refractivity (Wildman–Crippen MR) is 48.7 cm³/mol. The Balaban J connectivity index is 2.46. The van der Waals surface area contributed by atoms with E-state index in [2.05, 4.69) is 9.97 Å². The van der Waals surface area contributed by atoms with Crippen molar-refractivity contribution in [2.24, 2.45) is 0 Å². The Morgan fingerprint density at radius 3 is 2.86 bits per heavy atom. The van der Waals surface area contributed by atoms with E-state index in [-0.39, 0.29) is 11.6 Å². The monoisotopic (exact) mass is 193 g/mol. The first-order chi connectivity index (χ1) is 6.88. The second kappa shape index (κ2) is 5.89. The molecule has 74 valence electrons. The van der Waals surface area contributed by atoms with Gasteiger partial charge in [-0.05, 0) is 0 Å². The summed E-state index contributed by atoms with van der Waals surface area (Å²) < 4.78 is 10.1. The van der Waals surface area contributed by atoms with Gasteiger partial charge in [-0.15, -0.1) is 0 Å². The zero-order valence-corrected chi connectivity index (χ0v) is 7.93. The van der Waals surface area contributed by atoms with Crippen LogP contribution in [0.3, 0.4) is 0 Å². The summed E-state index contributed by atoms with van der Waals surface area (Å²) in [5, 5.41) is 8.66. The van der Waals surface area contributed by atoms with Gasteiger partial charge in [0.05, 0.1) is 6.61 Å². The molecule has 0 aliphatic carbocycles. The Morgan fingerprint density at radius 2 is 2.14 bits per heavy atom. The molecule has 5 nitrogen and oxygen atoms in total. The van der Waals surface area contributed by atoms with E-state index in [0.29, 0.717) is 13.2 Å². The van der Waals surface area contributed by atoms with Gasteiger partial charge in [-0.1, -0.05) is 0 Å². The van der Waals surface area contributed by atoms with E-state index in [1.807, 2.05) is 6.07 Å². The first kappa shape index (κ1) is 10.4. The zero-order valence-electron chi connectivity index (χ0n) is 7.93. The molecule has 0 saturated heterocycles. The van der Waals surface area contributed by atoms with Gasteiger partial charge in [0.2, 0.25) is 5.69 Å². The molecule has 0 aromatic carbocycles. The molecular formula is C9H11N3O2. The van der Waals surface area contributed by atoms with E-state index < -0.39 is 0 Å². The quantitative estimate of drug-likeness (QED) is 0.646. The molecule has 1 aromatic rings. The van der Waals surface area contributed by atoms with Crippen molar-refractivity contribution in [1.82, 2.24) is 9.97 Å². The van der Waals surface area contributed by atoms with Crippen LogP contribution in [0.15, 0.2) is 12.4 Å². The Hall–Kier alpha value is -1.67. The maximum atomic E-state index is 8.66. The number of nitriles is 1. The van der Waals surface area contributed by atoms with E-state index >= 15 is 0 Å². The number of hydrogen-bond donors (Lipinski definition) is 0. The lowest BCUT2D eigenvalue weighted by molar-refractivity contribution is 0.170. The first-order valence-corrected chi connectivity index (χ1v) is 4.21. The van der Waals surface area contributed by atoms with E-state index in [4.69, 9.17) is 14.7 Å². The third-order valence-electron chi connectivity index (χ3n) is 1.50. The summed E-state index contributed by atoms with van der Waals surface area (Å²) in [6.07, 6.45) is 3.71. The van der Waals surface area contributed by atoms with E-state index in [1.54, 1.807) is 7.11 Å². The molecule has 0 amide bonds. The Kier molecular flexibility index (Phi) is 4.38. The van der Waals surface area contributed by atoms with Crippen LogP contribution < -0.4 is 4.74 Å². The third kappa shape index (κ3) is 2.99. The van der Waals surface area contributed by atoms with Crippen LogP contribution in [0.1, 0.15) is 12.1 Å². The summed E-state index contributed by atoms with van der Waals surface area (Å²) in [7, 11) is 1.63. The van der Waals surface area contributed by atoms with Gasteiger partial charge in [0.25, 0.3) is 5.88 Å². The molecule has 1 aromatic heterocycles.